The molecule has 0 spiro atoms. The highest BCUT2D eigenvalue weighted by Crippen LogP contribution is 2.49. The van der Waals surface area contributed by atoms with Gasteiger partial charge in [0.1, 0.15) is 12.2 Å². The van der Waals surface area contributed by atoms with Crippen molar-refractivity contribution in [2.75, 3.05) is 0 Å². The number of fused-ring (bicyclic) bond motifs is 4. The van der Waals surface area contributed by atoms with Crippen molar-refractivity contribution >= 4 is 11.9 Å². The van der Waals surface area contributed by atoms with E-state index >= 15 is 0 Å². The lowest BCUT2D eigenvalue weighted by molar-refractivity contribution is -0.143. The monoisotopic (exact) mass is 276 g/mol. The summed E-state index contributed by atoms with van der Waals surface area (Å²) in [6.07, 6.45) is 3.30. The molecule has 0 amide bonds. The van der Waals surface area contributed by atoms with Gasteiger partial charge in [-0.3, -0.25) is 0 Å². The highest BCUT2D eigenvalue weighted by atomic mass is 16.6. The van der Waals surface area contributed by atoms with Crippen LogP contribution in [-0.4, -0.2) is 35.9 Å². The average molecular weight is 276 g/mol. The molecule has 0 aromatic rings. The molecule has 4 aliphatic rings. The van der Waals surface area contributed by atoms with E-state index in [1.807, 2.05) is 13.0 Å². The molecule has 1 aliphatic carbocycles. The molecule has 0 aromatic carbocycles. The summed E-state index contributed by atoms with van der Waals surface area (Å²) in [5, 5.41) is 0. The number of carbonyl (C=O) groups is 2. The topological polar surface area (TPSA) is 65.1 Å². The van der Waals surface area contributed by atoms with Gasteiger partial charge in [-0.2, -0.15) is 0 Å². The molecule has 5 atom stereocenters. The fourth-order valence-corrected chi connectivity index (χ4v) is 3.61. The van der Waals surface area contributed by atoms with Crippen molar-refractivity contribution in [1.29, 1.82) is 0 Å². The summed E-state index contributed by atoms with van der Waals surface area (Å²) in [7, 11) is 0. The molecule has 2 fully saturated rings. The molecule has 3 aliphatic heterocycles. The van der Waals surface area contributed by atoms with Gasteiger partial charge in [-0.25, -0.2) is 9.59 Å². The molecule has 2 bridgehead atoms. The lowest BCUT2D eigenvalue weighted by Crippen LogP contribution is -2.32. The fourth-order valence-electron chi connectivity index (χ4n) is 3.61. The number of esters is 2. The predicted molar refractivity (Wildman–Crippen MR) is 67.6 cm³/mol. The summed E-state index contributed by atoms with van der Waals surface area (Å²) in [5.74, 6) is -0.966. The second kappa shape index (κ2) is 3.73. The van der Waals surface area contributed by atoms with Crippen LogP contribution >= 0.6 is 0 Å². The lowest BCUT2D eigenvalue weighted by Gasteiger charge is -2.23. The summed E-state index contributed by atoms with van der Waals surface area (Å²) < 4.78 is 16.6. The second-order valence-corrected chi connectivity index (χ2v) is 6.22. The Morgan fingerprint density at radius 3 is 2.90 bits per heavy atom. The van der Waals surface area contributed by atoms with Crippen LogP contribution in [0.5, 0.6) is 0 Å². The second-order valence-electron chi connectivity index (χ2n) is 6.22. The third kappa shape index (κ3) is 1.59. The first-order valence-corrected chi connectivity index (χ1v) is 6.97. The number of hydrogen-bond donors (Lipinski definition) is 0. The van der Waals surface area contributed by atoms with Crippen LogP contribution in [-0.2, 0) is 23.8 Å². The maximum absolute atomic E-state index is 11.9. The number of hydrogen-bond acceptors (Lipinski definition) is 5. The summed E-state index contributed by atoms with van der Waals surface area (Å²) in [6, 6.07) is 0. The van der Waals surface area contributed by atoms with E-state index in [4.69, 9.17) is 14.2 Å². The van der Waals surface area contributed by atoms with Gasteiger partial charge in [-0.1, -0.05) is 6.58 Å². The number of rotatable bonds is 0. The molecule has 0 radical (unpaired) electrons. The minimum absolute atomic E-state index is 0.126. The summed E-state index contributed by atoms with van der Waals surface area (Å²) >= 11 is 0. The number of ether oxygens (including phenoxy) is 3. The zero-order valence-corrected chi connectivity index (χ0v) is 11.3. The van der Waals surface area contributed by atoms with Gasteiger partial charge in [0.25, 0.3) is 0 Å². The van der Waals surface area contributed by atoms with E-state index in [-0.39, 0.29) is 29.7 Å². The Balaban J connectivity index is 1.73. The standard InChI is InChI=1S/C15H16O5/c1-7-12-9-5-8(14(17)18-9)3-4-11-15(2,20-11)6-10(12)19-13(7)16/h5,9-12H,1,3-4,6H2,2H3/t9-,10-,11-,12-,15+/m0/s1. The van der Waals surface area contributed by atoms with Crippen molar-refractivity contribution in [1.82, 2.24) is 0 Å². The molecule has 4 rings (SSSR count). The van der Waals surface area contributed by atoms with Crippen LogP contribution in [0.4, 0.5) is 0 Å². The van der Waals surface area contributed by atoms with Crippen molar-refractivity contribution in [2.24, 2.45) is 5.92 Å². The van der Waals surface area contributed by atoms with Gasteiger partial charge in [0.2, 0.25) is 0 Å². The van der Waals surface area contributed by atoms with Gasteiger partial charge >= 0.3 is 11.9 Å². The average Bonchev–Trinajstić information content (AvgIpc) is 2.74. The molecule has 2 saturated heterocycles. The van der Waals surface area contributed by atoms with Crippen LogP contribution in [0.25, 0.3) is 0 Å². The minimum atomic E-state index is -0.430. The number of epoxide rings is 1. The first-order valence-electron chi connectivity index (χ1n) is 6.97. The SMILES string of the molecule is C=C1C(=O)O[C@H]2C[C@@]3(C)O[C@H]3CCC3=C[C@H](OC3=O)[C@H]12. The Bertz CT molecular complexity index is 563. The molecule has 0 saturated carbocycles. The normalized spacial score (nSPS) is 46.0. The van der Waals surface area contributed by atoms with Crippen molar-refractivity contribution in [2.45, 2.75) is 50.1 Å². The van der Waals surface area contributed by atoms with Gasteiger partial charge in [-0.05, 0) is 25.8 Å². The van der Waals surface area contributed by atoms with E-state index in [1.54, 1.807) is 0 Å². The van der Waals surface area contributed by atoms with Crippen LogP contribution in [0, 0.1) is 5.92 Å². The van der Waals surface area contributed by atoms with Crippen LogP contribution in [0.3, 0.4) is 0 Å². The van der Waals surface area contributed by atoms with Crippen molar-refractivity contribution in [3.8, 4) is 0 Å². The maximum Gasteiger partial charge on any atom is 0.334 e. The van der Waals surface area contributed by atoms with Crippen molar-refractivity contribution in [3.63, 3.8) is 0 Å². The van der Waals surface area contributed by atoms with E-state index in [9.17, 15) is 9.59 Å². The Labute approximate surface area is 116 Å². The molecule has 0 N–H and O–H groups in total. The molecule has 5 heteroatoms. The molecule has 0 unspecified atom stereocenters. The Morgan fingerprint density at radius 1 is 1.30 bits per heavy atom. The van der Waals surface area contributed by atoms with Crippen LogP contribution in [0.15, 0.2) is 23.8 Å². The Morgan fingerprint density at radius 2 is 2.10 bits per heavy atom. The first-order chi connectivity index (χ1) is 9.48. The van der Waals surface area contributed by atoms with Crippen LogP contribution in [0.2, 0.25) is 0 Å². The van der Waals surface area contributed by atoms with E-state index in [1.165, 1.54) is 0 Å². The Hall–Kier alpha value is -1.62. The van der Waals surface area contributed by atoms with Gasteiger partial charge in [0.15, 0.2) is 0 Å². The first kappa shape index (κ1) is 12.1. The maximum atomic E-state index is 11.9. The van der Waals surface area contributed by atoms with Gasteiger partial charge in [0, 0.05) is 17.6 Å². The highest BCUT2D eigenvalue weighted by Gasteiger charge is 2.58. The summed E-state index contributed by atoms with van der Waals surface area (Å²) in [6.45, 7) is 5.85. The van der Waals surface area contributed by atoms with Gasteiger partial charge in [0.05, 0.1) is 17.6 Å². The summed E-state index contributed by atoms with van der Waals surface area (Å²) in [4.78, 5) is 23.7. The third-order valence-electron chi connectivity index (χ3n) is 4.87. The van der Waals surface area contributed by atoms with E-state index in [0.29, 0.717) is 24.0 Å². The van der Waals surface area contributed by atoms with Crippen LogP contribution < -0.4 is 0 Å². The van der Waals surface area contributed by atoms with Crippen molar-refractivity contribution < 1.29 is 23.8 Å². The molecular formula is C15H16O5. The third-order valence-corrected chi connectivity index (χ3v) is 4.87. The van der Waals surface area contributed by atoms with Gasteiger partial charge < -0.3 is 14.2 Å². The molecule has 3 heterocycles. The molecular weight excluding hydrogens is 260 g/mol. The van der Waals surface area contributed by atoms with E-state index < -0.39 is 12.1 Å². The fraction of sp³-hybridized carbons (Fsp3) is 0.600. The Kier molecular flexibility index (Phi) is 2.26. The zero-order valence-electron chi connectivity index (χ0n) is 11.3. The number of carbonyl (C=O) groups excluding carboxylic acids is 2. The zero-order chi connectivity index (χ0) is 14.1. The molecule has 106 valence electrons. The molecule has 5 nitrogen and oxygen atoms in total. The summed E-state index contributed by atoms with van der Waals surface area (Å²) in [5.41, 5.74) is 0.820. The van der Waals surface area contributed by atoms with Crippen molar-refractivity contribution in [3.05, 3.63) is 23.8 Å². The molecule has 20 heavy (non-hydrogen) atoms. The lowest BCUT2D eigenvalue weighted by atomic mass is 9.83. The highest BCUT2D eigenvalue weighted by molar-refractivity contribution is 5.93. The quantitative estimate of drug-likeness (QED) is 0.379. The van der Waals surface area contributed by atoms with Crippen LogP contribution in [0.1, 0.15) is 26.2 Å². The van der Waals surface area contributed by atoms with Gasteiger partial charge in [-0.15, -0.1) is 0 Å². The van der Waals surface area contributed by atoms with E-state index in [0.717, 1.165) is 6.42 Å². The predicted octanol–water partition coefficient (Wildman–Crippen LogP) is 1.28. The minimum Gasteiger partial charge on any atom is -0.458 e. The largest absolute Gasteiger partial charge is 0.458 e. The molecule has 0 aromatic heterocycles. The van der Waals surface area contributed by atoms with E-state index in [2.05, 4.69) is 6.58 Å². The smallest absolute Gasteiger partial charge is 0.334 e.